The average Bonchev–Trinajstić information content (AvgIpc) is 3.18. The quantitative estimate of drug-likeness (QED) is 0.839. The van der Waals surface area contributed by atoms with Crippen LogP contribution in [0.1, 0.15) is 31.2 Å². The van der Waals surface area contributed by atoms with Crippen LogP contribution in [-0.4, -0.2) is 44.2 Å². The molecule has 0 unspecified atom stereocenters. The number of hydrogen-bond acceptors (Lipinski definition) is 3. The molecular formula is C15H22ClN3O2. The summed E-state index contributed by atoms with van der Waals surface area (Å²) in [4.78, 5) is 14.2. The number of aryl methyl sites for hydroxylation is 1. The van der Waals surface area contributed by atoms with Gasteiger partial charge in [-0.15, -0.1) is 11.6 Å². The van der Waals surface area contributed by atoms with E-state index < -0.39 is 0 Å². The van der Waals surface area contributed by atoms with Crippen molar-refractivity contribution in [2.45, 2.75) is 38.3 Å². The van der Waals surface area contributed by atoms with E-state index >= 15 is 0 Å². The number of aromatic nitrogens is 2. The lowest BCUT2D eigenvalue weighted by atomic mass is 9.79. The number of rotatable bonds is 5. The Hall–Kier alpha value is -1.07. The molecule has 3 atom stereocenters. The van der Waals surface area contributed by atoms with Crippen LogP contribution in [0.5, 0.6) is 0 Å². The monoisotopic (exact) mass is 311 g/mol. The summed E-state index contributed by atoms with van der Waals surface area (Å²) < 4.78 is 1.74. The van der Waals surface area contributed by atoms with Crippen molar-refractivity contribution >= 4 is 17.5 Å². The van der Waals surface area contributed by atoms with Crippen LogP contribution in [0.15, 0.2) is 12.4 Å². The fourth-order valence-corrected chi connectivity index (χ4v) is 4.40. The Morgan fingerprint density at radius 2 is 2.48 bits per heavy atom. The first-order chi connectivity index (χ1) is 10.1. The van der Waals surface area contributed by atoms with Gasteiger partial charge in [-0.05, 0) is 31.6 Å². The van der Waals surface area contributed by atoms with Gasteiger partial charge in [-0.25, -0.2) is 0 Å². The van der Waals surface area contributed by atoms with E-state index in [0.29, 0.717) is 12.5 Å². The molecule has 2 aliphatic rings. The first-order valence-corrected chi connectivity index (χ1v) is 8.05. The van der Waals surface area contributed by atoms with E-state index in [1.54, 1.807) is 10.9 Å². The molecule has 116 valence electrons. The largest absolute Gasteiger partial charge is 0.396 e. The smallest absolute Gasteiger partial charge is 0.238 e. The molecule has 5 nitrogen and oxygen atoms in total. The summed E-state index contributed by atoms with van der Waals surface area (Å²) >= 11 is 5.81. The van der Waals surface area contributed by atoms with Crippen LogP contribution in [0.3, 0.4) is 0 Å². The van der Waals surface area contributed by atoms with Gasteiger partial charge in [-0.3, -0.25) is 9.48 Å². The third-order valence-electron chi connectivity index (χ3n) is 5.25. The molecule has 2 bridgehead atoms. The Bertz CT molecular complexity index is 533. The predicted octanol–water partition coefficient (Wildman–Crippen LogP) is 1.54. The Kier molecular flexibility index (Phi) is 3.97. The van der Waals surface area contributed by atoms with Crippen molar-refractivity contribution in [2.24, 2.45) is 18.4 Å². The molecule has 0 radical (unpaired) electrons. The van der Waals surface area contributed by atoms with Crippen LogP contribution in [0.2, 0.25) is 0 Å². The lowest BCUT2D eigenvalue weighted by Gasteiger charge is -2.41. The second kappa shape index (κ2) is 5.61. The van der Waals surface area contributed by atoms with E-state index in [0.717, 1.165) is 24.8 Å². The number of halogens is 1. The van der Waals surface area contributed by atoms with Gasteiger partial charge in [0.15, 0.2) is 0 Å². The highest BCUT2D eigenvalue weighted by Crippen LogP contribution is 2.55. The summed E-state index contributed by atoms with van der Waals surface area (Å²) in [7, 11) is 1.87. The second-order valence-electron chi connectivity index (χ2n) is 6.56. The van der Waals surface area contributed by atoms with Crippen molar-refractivity contribution in [3.8, 4) is 0 Å². The summed E-state index contributed by atoms with van der Waals surface area (Å²) in [5.41, 5.74) is 0.890. The van der Waals surface area contributed by atoms with E-state index in [1.807, 2.05) is 18.1 Å². The molecule has 2 aliphatic carbocycles. The molecular weight excluding hydrogens is 290 g/mol. The fraction of sp³-hybridized carbons (Fsp3) is 0.733. The molecule has 1 amide bonds. The summed E-state index contributed by atoms with van der Waals surface area (Å²) in [5, 5.41) is 14.1. The van der Waals surface area contributed by atoms with Crippen molar-refractivity contribution in [3.63, 3.8) is 0 Å². The SMILES string of the molecule is Cn1cc(CN(C(=O)CCl)[C@@H]2C[C@@H]3CC[C@@]2(CO)C3)cn1. The molecule has 1 aromatic heterocycles. The molecule has 0 saturated heterocycles. The minimum atomic E-state index is -0.116. The molecule has 1 aromatic rings. The normalized spacial score (nSPS) is 30.8. The van der Waals surface area contributed by atoms with Crippen LogP contribution >= 0.6 is 11.6 Å². The molecule has 2 fully saturated rings. The van der Waals surface area contributed by atoms with Crippen molar-refractivity contribution in [1.29, 1.82) is 0 Å². The summed E-state index contributed by atoms with van der Waals surface area (Å²) in [6.45, 7) is 0.686. The van der Waals surface area contributed by atoms with E-state index in [1.165, 1.54) is 6.42 Å². The average molecular weight is 312 g/mol. The lowest BCUT2D eigenvalue weighted by molar-refractivity contribution is -0.135. The van der Waals surface area contributed by atoms with Gasteiger partial charge in [-0.2, -0.15) is 5.10 Å². The van der Waals surface area contributed by atoms with Gasteiger partial charge in [0, 0.05) is 36.8 Å². The molecule has 3 rings (SSSR count). The number of aliphatic hydroxyl groups excluding tert-OH is 1. The van der Waals surface area contributed by atoms with Crippen molar-refractivity contribution in [3.05, 3.63) is 18.0 Å². The minimum Gasteiger partial charge on any atom is -0.396 e. The zero-order valence-electron chi connectivity index (χ0n) is 12.3. The van der Waals surface area contributed by atoms with E-state index in [2.05, 4.69) is 5.10 Å². The van der Waals surface area contributed by atoms with Crippen LogP contribution in [0, 0.1) is 11.3 Å². The number of fused-ring (bicyclic) bond motifs is 2. The number of carbonyl (C=O) groups is 1. The van der Waals surface area contributed by atoms with Crippen molar-refractivity contribution < 1.29 is 9.90 Å². The Morgan fingerprint density at radius 1 is 1.67 bits per heavy atom. The highest BCUT2D eigenvalue weighted by atomic mass is 35.5. The standard InChI is InChI=1S/C15H22ClN3O2/c1-18-8-12(7-17-18)9-19(14(21)6-16)13-4-11-2-3-15(13,5-11)10-20/h7-8,11,13,20H,2-6,9-10H2,1H3/t11-,13+,15-/m0/s1. The van der Waals surface area contributed by atoms with E-state index in [9.17, 15) is 9.90 Å². The molecule has 1 N–H and O–H groups in total. The second-order valence-corrected chi connectivity index (χ2v) is 6.83. The van der Waals surface area contributed by atoms with E-state index in [4.69, 9.17) is 11.6 Å². The van der Waals surface area contributed by atoms with Crippen LogP contribution < -0.4 is 0 Å². The number of amides is 1. The topological polar surface area (TPSA) is 58.4 Å². The van der Waals surface area contributed by atoms with Crippen LogP contribution in [0.25, 0.3) is 0 Å². The molecule has 0 aromatic carbocycles. The number of carbonyl (C=O) groups excluding carboxylic acids is 1. The highest BCUT2D eigenvalue weighted by molar-refractivity contribution is 6.27. The third kappa shape index (κ3) is 2.57. The van der Waals surface area contributed by atoms with Crippen molar-refractivity contribution in [1.82, 2.24) is 14.7 Å². The number of aliphatic hydroxyl groups is 1. The zero-order valence-corrected chi connectivity index (χ0v) is 13.1. The third-order valence-corrected chi connectivity index (χ3v) is 5.47. The molecule has 1 heterocycles. The first kappa shape index (κ1) is 14.9. The summed E-state index contributed by atoms with van der Waals surface area (Å²) in [6, 6.07) is 0.104. The Labute approximate surface area is 129 Å². The summed E-state index contributed by atoms with van der Waals surface area (Å²) in [6.07, 6.45) is 7.92. The highest BCUT2D eigenvalue weighted by Gasteiger charge is 2.54. The maximum absolute atomic E-state index is 12.3. The first-order valence-electron chi connectivity index (χ1n) is 7.52. The van der Waals surface area contributed by atoms with Gasteiger partial charge >= 0.3 is 0 Å². The fourth-order valence-electron chi connectivity index (χ4n) is 4.25. The van der Waals surface area contributed by atoms with Gasteiger partial charge in [0.2, 0.25) is 5.91 Å². The molecule has 2 saturated carbocycles. The Balaban J connectivity index is 1.84. The summed E-state index contributed by atoms with van der Waals surface area (Å²) in [5.74, 6) is 0.579. The molecule has 21 heavy (non-hydrogen) atoms. The maximum atomic E-state index is 12.3. The number of hydrogen-bond donors (Lipinski definition) is 1. The van der Waals surface area contributed by atoms with Crippen LogP contribution in [-0.2, 0) is 18.4 Å². The predicted molar refractivity (Wildman–Crippen MR) is 79.7 cm³/mol. The maximum Gasteiger partial charge on any atom is 0.238 e. The zero-order chi connectivity index (χ0) is 15.0. The molecule has 6 heteroatoms. The van der Waals surface area contributed by atoms with E-state index in [-0.39, 0.29) is 29.9 Å². The molecule has 0 aliphatic heterocycles. The Morgan fingerprint density at radius 3 is 3.05 bits per heavy atom. The van der Waals surface area contributed by atoms with Crippen LogP contribution in [0.4, 0.5) is 0 Å². The van der Waals surface area contributed by atoms with Crippen molar-refractivity contribution in [2.75, 3.05) is 12.5 Å². The van der Waals surface area contributed by atoms with Gasteiger partial charge in [-0.1, -0.05) is 0 Å². The minimum absolute atomic E-state index is 0.0110. The number of nitrogens with zero attached hydrogens (tertiary/aromatic N) is 3. The van der Waals surface area contributed by atoms with Gasteiger partial charge in [0.05, 0.1) is 12.8 Å². The van der Waals surface area contributed by atoms with Gasteiger partial charge in [0.25, 0.3) is 0 Å². The lowest BCUT2D eigenvalue weighted by Crippen LogP contribution is -2.49. The van der Waals surface area contributed by atoms with Gasteiger partial charge in [0.1, 0.15) is 5.88 Å². The van der Waals surface area contributed by atoms with Gasteiger partial charge < -0.3 is 10.0 Å². The number of alkyl halides is 1. The molecule has 0 spiro atoms.